The number of sulfonamides is 1. The van der Waals surface area contributed by atoms with Gasteiger partial charge in [0.15, 0.2) is 0 Å². The fourth-order valence-corrected chi connectivity index (χ4v) is 5.08. The summed E-state index contributed by atoms with van der Waals surface area (Å²) in [6.45, 7) is 0. The van der Waals surface area contributed by atoms with Crippen LogP contribution >= 0.6 is 66.7 Å². The molecule has 2 rings (SSSR count). The van der Waals surface area contributed by atoms with Crippen molar-refractivity contribution < 1.29 is 8.42 Å². The maximum absolute atomic E-state index is 12.4. The zero-order valence-corrected chi connectivity index (χ0v) is 16.3. The Hall–Kier alpha value is 0.0200. The molecule has 0 aliphatic rings. The number of benzene rings is 2. The van der Waals surface area contributed by atoms with E-state index in [4.69, 9.17) is 34.8 Å². The second kappa shape index (κ2) is 6.64. The Balaban J connectivity index is 2.47. The molecule has 0 saturated carbocycles. The van der Waals surface area contributed by atoms with Crippen molar-refractivity contribution in [3.8, 4) is 0 Å². The number of hydrogen-bond acceptors (Lipinski definition) is 2. The van der Waals surface area contributed by atoms with Crippen molar-refractivity contribution in [2.24, 2.45) is 0 Å². The Morgan fingerprint density at radius 2 is 1.38 bits per heavy atom. The summed E-state index contributed by atoms with van der Waals surface area (Å²) >= 11 is 24.4. The lowest BCUT2D eigenvalue weighted by molar-refractivity contribution is 0.601. The molecule has 21 heavy (non-hydrogen) atoms. The maximum Gasteiger partial charge on any atom is 0.263 e. The molecular formula is C12H6Br2Cl3NO2S. The molecule has 112 valence electrons. The van der Waals surface area contributed by atoms with Gasteiger partial charge in [-0.1, -0.05) is 66.7 Å². The maximum atomic E-state index is 12.4. The van der Waals surface area contributed by atoms with Crippen LogP contribution < -0.4 is 4.72 Å². The molecule has 0 unspecified atom stereocenters. The molecule has 9 heteroatoms. The topological polar surface area (TPSA) is 46.2 Å². The van der Waals surface area contributed by atoms with Gasteiger partial charge in [0.05, 0.1) is 20.8 Å². The van der Waals surface area contributed by atoms with E-state index in [9.17, 15) is 8.42 Å². The lowest BCUT2D eigenvalue weighted by Gasteiger charge is -2.13. The third-order valence-corrected chi connectivity index (χ3v) is 5.81. The Morgan fingerprint density at radius 3 is 1.90 bits per heavy atom. The highest BCUT2D eigenvalue weighted by molar-refractivity contribution is 9.10. The minimum absolute atomic E-state index is 0.0672. The van der Waals surface area contributed by atoms with E-state index in [0.29, 0.717) is 8.95 Å². The molecule has 0 aliphatic carbocycles. The van der Waals surface area contributed by atoms with Gasteiger partial charge >= 0.3 is 0 Å². The summed E-state index contributed by atoms with van der Waals surface area (Å²) in [5.74, 6) is 0. The molecule has 0 aromatic heterocycles. The molecular weight excluding hydrogens is 488 g/mol. The van der Waals surface area contributed by atoms with Gasteiger partial charge in [-0.2, -0.15) is 0 Å². The molecule has 0 atom stereocenters. The molecule has 2 aromatic carbocycles. The van der Waals surface area contributed by atoms with Crippen molar-refractivity contribution in [2.45, 2.75) is 4.90 Å². The van der Waals surface area contributed by atoms with Crippen LogP contribution in [0.4, 0.5) is 5.69 Å². The minimum atomic E-state index is -3.91. The average Bonchev–Trinajstić information content (AvgIpc) is 2.33. The van der Waals surface area contributed by atoms with Crippen molar-refractivity contribution in [3.05, 3.63) is 54.3 Å². The van der Waals surface area contributed by atoms with Crippen LogP contribution in [0.5, 0.6) is 0 Å². The Bertz CT molecular complexity index is 789. The summed E-state index contributed by atoms with van der Waals surface area (Å²) in [6.07, 6.45) is 0. The first kappa shape index (κ1) is 17.4. The minimum Gasteiger partial charge on any atom is -0.277 e. The van der Waals surface area contributed by atoms with E-state index in [2.05, 4.69) is 36.6 Å². The molecule has 0 radical (unpaired) electrons. The van der Waals surface area contributed by atoms with Crippen LogP contribution in [-0.4, -0.2) is 8.42 Å². The highest BCUT2D eigenvalue weighted by atomic mass is 79.9. The van der Waals surface area contributed by atoms with Gasteiger partial charge in [0.2, 0.25) is 0 Å². The van der Waals surface area contributed by atoms with E-state index in [0.717, 1.165) is 0 Å². The van der Waals surface area contributed by atoms with Crippen LogP contribution in [0.1, 0.15) is 0 Å². The second-order valence-corrected chi connectivity index (χ2v) is 8.63. The number of hydrogen-bond donors (Lipinski definition) is 1. The lowest BCUT2D eigenvalue weighted by Crippen LogP contribution is -2.14. The molecule has 0 aliphatic heterocycles. The predicted molar refractivity (Wildman–Crippen MR) is 94.1 cm³/mol. The molecule has 0 amide bonds. The van der Waals surface area contributed by atoms with Gasteiger partial charge < -0.3 is 0 Å². The second-order valence-electron chi connectivity index (χ2n) is 3.92. The standard InChI is InChI=1S/C12H6Br2Cl3NO2S/c13-6-1-2-11(8(15)3-6)21(19,20)18-12-9(16)4-7(14)5-10(12)17/h1-5,18H. The van der Waals surface area contributed by atoms with Gasteiger partial charge in [0.1, 0.15) is 4.90 Å². The molecule has 2 aromatic rings. The normalized spacial score (nSPS) is 11.5. The van der Waals surface area contributed by atoms with Crippen LogP contribution in [0, 0.1) is 0 Å². The Morgan fingerprint density at radius 1 is 0.857 bits per heavy atom. The van der Waals surface area contributed by atoms with Gasteiger partial charge in [-0.25, -0.2) is 8.42 Å². The Labute approximate surface area is 153 Å². The number of halogens is 5. The third-order valence-electron chi connectivity index (χ3n) is 2.43. The first-order valence-corrected chi connectivity index (χ1v) is 9.53. The summed E-state index contributed by atoms with van der Waals surface area (Å²) in [5.41, 5.74) is 0.0977. The molecule has 0 fully saturated rings. The van der Waals surface area contributed by atoms with E-state index in [1.807, 2.05) is 0 Å². The predicted octanol–water partition coefficient (Wildman–Crippen LogP) is 5.97. The number of anilines is 1. The first-order valence-electron chi connectivity index (χ1n) is 5.33. The van der Waals surface area contributed by atoms with Crippen molar-refractivity contribution in [3.63, 3.8) is 0 Å². The zero-order valence-electron chi connectivity index (χ0n) is 10.0. The quantitative estimate of drug-likeness (QED) is 0.572. The smallest absolute Gasteiger partial charge is 0.263 e. The van der Waals surface area contributed by atoms with Gasteiger partial charge in [-0.15, -0.1) is 0 Å². The SMILES string of the molecule is O=S(=O)(Nc1c(Cl)cc(Br)cc1Cl)c1ccc(Br)cc1Cl. The van der Waals surface area contributed by atoms with E-state index < -0.39 is 10.0 Å². The monoisotopic (exact) mass is 491 g/mol. The van der Waals surface area contributed by atoms with E-state index in [1.165, 1.54) is 24.3 Å². The average molecular weight is 494 g/mol. The third kappa shape index (κ3) is 4.06. The van der Waals surface area contributed by atoms with E-state index in [1.54, 1.807) is 6.07 Å². The fraction of sp³-hybridized carbons (Fsp3) is 0. The van der Waals surface area contributed by atoms with Crippen LogP contribution in [0.25, 0.3) is 0 Å². The molecule has 0 heterocycles. The van der Waals surface area contributed by atoms with Gasteiger partial charge in [0.25, 0.3) is 10.0 Å². The first-order chi connectivity index (χ1) is 9.70. The molecule has 3 nitrogen and oxygen atoms in total. The molecule has 1 N–H and O–H groups in total. The van der Waals surface area contributed by atoms with Crippen LogP contribution in [0.3, 0.4) is 0 Å². The Kier molecular flexibility index (Phi) is 5.50. The summed E-state index contributed by atoms with van der Waals surface area (Å²) in [4.78, 5) is -0.0672. The zero-order chi connectivity index (χ0) is 15.8. The summed E-state index contributed by atoms with van der Waals surface area (Å²) in [6, 6.07) is 7.52. The lowest BCUT2D eigenvalue weighted by atomic mass is 10.3. The van der Waals surface area contributed by atoms with Crippen molar-refractivity contribution in [1.82, 2.24) is 0 Å². The van der Waals surface area contributed by atoms with Crippen LogP contribution in [-0.2, 0) is 10.0 Å². The van der Waals surface area contributed by atoms with Crippen molar-refractivity contribution in [1.29, 1.82) is 0 Å². The summed E-state index contributed by atoms with van der Waals surface area (Å²) < 4.78 is 28.4. The van der Waals surface area contributed by atoms with E-state index >= 15 is 0 Å². The van der Waals surface area contributed by atoms with Crippen molar-refractivity contribution in [2.75, 3.05) is 4.72 Å². The number of rotatable bonds is 3. The van der Waals surface area contributed by atoms with Gasteiger partial charge in [-0.05, 0) is 30.3 Å². The van der Waals surface area contributed by atoms with Crippen LogP contribution in [0.2, 0.25) is 15.1 Å². The summed E-state index contributed by atoms with van der Waals surface area (Å²) in [7, 11) is -3.91. The van der Waals surface area contributed by atoms with E-state index in [-0.39, 0.29) is 25.7 Å². The molecule has 0 bridgehead atoms. The van der Waals surface area contributed by atoms with Crippen LogP contribution in [0.15, 0.2) is 44.2 Å². The molecule has 0 spiro atoms. The highest BCUT2D eigenvalue weighted by Crippen LogP contribution is 2.36. The number of nitrogens with one attached hydrogen (secondary N) is 1. The summed E-state index contributed by atoms with van der Waals surface area (Å²) in [5, 5.41) is 0.429. The fourth-order valence-electron chi connectivity index (χ4n) is 1.52. The van der Waals surface area contributed by atoms with Gasteiger partial charge in [0, 0.05) is 8.95 Å². The van der Waals surface area contributed by atoms with Crippen molar-refractivity contribution >= 4 is 82.4 Å². The molecule has 0 saturated heterocycles. The highest BCUT2D eigenvalue weighted by Gasteiger charge is 2.21. The van der Waals surface area contributed by atoms with Gasteiger partial charge in [-0.3, -0.25) is 4.72 Å². The largest absolute Gasteiger partial charge is 0.277 e.